The lowest BCUT2D eigenvalue weighted by Crippen LogP contribution is -2.45. The largest absolute Gasteiger partial charge is 0.389 e. The van der Waals surface area contributed by atoms with Crippen molar-refractivity contribution in [1.82, 2.24) is 4.98 Å². The number of morpholine rings is 1. The van der Waals surface area contributed by atoms with Gasteiger partial charge in [-0.15, -0.1) is 0 Å². The van der Waals surface area contributed by atoms with Crippen molar-refractivity contribution in [2.75, 3.05) is 24.7 Å². The van der Waals surface area contributed by atoms with Gasteiger partial charge in [0.25, 0.3) is 0 Å². The number of aliphatic hydroxyl groups is 1. The molecule has 0 radical (unpaired) electrons. The minimum atomic E-state index is -0.455. The molecule has 1 aliphatic rings. The summed E-state index contributed by atoms with van der Waals surface area (Å²) in [5, 5.41) is 9.45. The van der Waals surface area contributed by atoms with E-state index in [-0.39, 0.29) is 0 Å². The molecular formula is C13H20N2O2. The lowest BCUT2D eigenvalue weighted by atomic mass is 10.1. The maximum atomic E-state index is 9.45. The molecule has 1 unspecified atom stereocenters. The summed E-state index contributed by atoms with van der Waals surface area (Å²) in [6.45, 7) is 6.34. The predicted octanol–water partition coefficient (Wildman–Crippen LogP) is 1.75. The highest BCUT2D eigenvalue weighted by Crippen LogP contribution is 2.20. The van der Waals surface area contributed by atoms with Gasteiger partial charge in [-0.05, 0) is 25.0 Å². The van der Waals surface area contributed by atoms with Crippen molar-refractivity contribution in [1.29, 1.82) is 0 Å². The Morgan fingerprint density at radius 1 is 1.59 bits per heavy atom. The molecule has 0 amide bonds. The third-order valence-corrected chi connectivity index (χ3v) is 3.25. The van der Waals surface area contributed by atoms with Crippen molar-refractivity contribution in [3.05, 3.63) is 23.9 Å². The van der Waals surface area contributed by atoms with Gasteiger partial charge < -0.3 is 14.7 Å². The summed E-state index contributed by atoms with van der Waals surface area (Å²) in [6, 6.07) is 4.33. The maximum Gasteiger partial charge on any atom is 0.128 e. The fourth-order valence-electron chi connectivity index (χ4n) is 2.11. The number of aliphatic hydroxyl groups excluding tert-OH is 1. The number of pyridine rings is 1. The molecule has 17 heavy (non-hydrogen) atoms. The highest BCUT2D eigenvalue weighted by molar-refractivity contribution is 5.41. The van der Waals surface area contributed by atoms with Crippen LogP contribution in [0.15, 0.2) is 18.3 Å². The van der Waals surface area contributed by atoms with Crippen LogP contribution in [-0.4, -0.2) is 35.9 Å². The summed E-state index contributed by atoms with van der Waals surface area (Å²) >= 11 is 0. The van der Waals surface area contributed by atoms with Gasteiger partial charge >= 0.3 is 0 Å². The second kappa shape index (κ2) is 5.47. The molecule has 0 aliphatic carbocycles. The van der Waals surface area contributed by atoms with Gasteiger partial charge in [-0.2, -0.15) is 0 Å². The Labute approximate surface area is 102 Å². The van der Waals surface area contributed by atoms with E-state index >= 15 is 0 Å². The van der Waals surface area contributed by atoms with E-state index in [0.29, 0.717) is 6.04 Å². The number of nitrogens with zero attached hydrogens (tertiary/aromatic N) is 2. The topological polar surface area (TPSA) is 45.6 Å². The molecule has 0 spiro atoms. The second-order valence-corrected chi connectivity index (χ2v) is 4.46. The van der Waals surface area contributed by atoms with Crippen LogP contribution in [-0.2, 0) is 4.74 Å². The van der Waals surface area contributed by atoms with Crippen LogP contribution in [0, 0.1) is 0 Å². The third kappa shape index (κ3) is 2.76. The van der Waals surface area contributed by atoms with E-state index in [2.05, 4.69) is 16.8 Å². The Hall–Kier alpha value is -1.13. The summed E-state index contributed by atoms with van der Waals surface area (Å²) < 4.78 is 5.48. The zero-order valence-electron chi connectivity index (χ0n) is 10.5. The molecule has 1 saturated heterocycles. The van der Waals surface area contributed by atoms with Crippen molar-refractivity contribution in [2.24, 2.45) is 0 Å². The first-order valence-corrected chi connectivity index (χ1v) is 6.20. The zero-order chi connectivity index (χ0) is 12.3. The zero-order valence-corrected chi connectivity index (χ0v) is 10.5. The molecule has 94 valence electrons. The van der Waals surface area contributed by atoms with Crippen molar-refractivity contribution in [3.8, 4) is 0 Å². The summed E-state index contributed by atoms with van der Waals surface area (Å²) in [7, 11) is 0. The van der Waals surface area contributed by atoms with Crippen molar-refractivity contribution < 1.29 is 9.84 Å². The van der Waals surface area contributed by atoms with Gasteiger partial charge in [0.1, 0.15) is 5.82 Å². The minimum Gasteiger partial charge on any atom is -0.389 e. The van der Waals surface area contributed by atoms with E-state index in [4.69, 9.17) is 4.74 Å². The molecule has 2 heterocycles. The number of rotatable bonds is 3. The summed E-state index contributed by atoms with van der Waals surface area (Å²) in [5.74, 6) is 0.976. The van der Waals surface area contributed by atoms with E-state index < -0.39 is 6.10 Å². The standard InChI is InChI=1S/C13H20N2O2/c1-3-12-9-17-7-6-15(12)13-5-4-11(8-14-13)10(2)16/h4-5,8,10,12,16H,3,6-7,9H2,1-2H3/t10-,12?/m1/s1. The Kier molecular flexibility index (Phi) is 3.97. The number of aromatic nitrogens is 1. The normalized spacial score (nSPS) is 22.5. The molecule has 0 saturated carbocycles. The third-order valence-electron chi connectivity index (χ3n) is 3.25. The maximum absolute atomic E-state index is 9.45. The van der Waals surface area contributed by atoms with Gasteiger partial charge in [0.2, 0.25) is 0 Å². The molecule has 1 aliphatic heterocycles. The smallest absolute Gasteiger partial charge is 0.128 e. The fourth-order valence-corrected chi connectivity index (χ4v) is 2.11. The van der Waals surface area contributed by atoms with Gasteiger partial charge in [0.05, 0.1) is 25.4 Å². The second-order valence-electron chi connectivity index (χ2n) is 4.46. The Balaban J connectivity index is 2.15. The summed E-state index contributed by atoms with van der Waals surface area (Å²) in [6.07, 6.45) is 2.35. The highest BCUT2D eigenvalue weighted by atomic mass is 16.5. The van der Waals surface area contributed by atoms with Crippen LogP contribution >= 0.6 is 0 Å². The monoisotopic (exact) mass is 236 g/mol. The fraction of sp³-hybridized carbons (Fsp3) is 0.615. The molecule has 4 nitrogen and oxygen atoms in total. The van der Waals surface area contributed by atoms with E-state index in [1.165, 1.54) is 0 Å². The number of hydrogen-bond donors (Lipinski definition) is 1. The molecule has 2 atom stereocenters. The van der Waals surface area contributed by atoms with Gasteiger partial charge in [-0.3, -0.25) is 0 Å². The van der Waals surface area contributed by atoms with Crippen LogP contribution in [0.2, 0.25) is 0 Å². The molecule has 0 bridgehead atoms. The molecular weight excluding hydrogens is 216 g/mol. The first-order valence-electron chi connectivity index (χ1n) is 6.20. The van der Waals surface area contributed by atoms with Crippen LogP contribution in [0.25, 0.3) is 0 Å². The van der Waals surface area contributed by atoms with E-state index in [0.717, 1.165) is 37.6 Å². The molecule has 1 fully saturated rings. The van der Waals surface area contributed by atoms with Gasteiger partial charge in [0.15, 0.2) is 0 Å². The van der Waals surface area contributed by atoms with Gasteiger partial charge in [-0.25, -0.2) is 4.98 Å². The molecule has 0 aromatic carbocycles. The van der Waals surface area contributed by atoms with Crippen LogP contribution in [0.5, 0.6) is 0 Å². The van der Waals surface area contributed by atoms with Crippen molar-refractivity contribution in [2.45, 2.75) is 32.4 Å². The molecule has 4 heteroatoms. The number of anilines is 1. The van der Waals surface area contributed by atoms with Gasteiger partial charge in [0, 0.05) is 12.7 Å². The summed E-state index contributed by atoms with van der Waals surface area (Å²) in [5.41, 5.74) is 0.857. The van der Waals surface area contributed by atoms with Gasteiger partial charge in [-0.1, -0.05) is 13.0 Å². The number of ether oxygens (including phenoxy) is 1. The highest BCUT2D eigenvalue weighted by Gasteiger charge is 2.22. The van der Waals surface area contributed by atoms with Crippen molar-refractivity contribution in [3.63, 3.8) is 0 Å². The molecule has 2 rings (SSSR count). The Morgan fingerprint density at radius 3 is 3.00 bits per heavy atom. The Morgan fingerprint density at radius 2 is 2.41 bits per heavy atom. The van der Waals surface area contributed by atoms with E-state index in [1.54, 1.807) is 13.1 Å². The van der Waals surface area contributed by atoms with Crippen LogP contribution < -0.4 is 4.90 Å². The van der Waals surface area contributed by atoms with Crippen molar-refractivity contribution >= 4 is 5.82 Å². The van der Waals surface area contributed by atoms with Crippen LogP contribution in [0.3, 0.4) is 0 Å². The van der Waals surface area contributed by atoms with Crippen LogP contribution in [0.4, 0.5) is 5.82 Å². The quantitative estimate of drug-likeness (QED) is 0.868. The molecule has 1 aromatic heterocycles. The Bertz CT molecular complexity index is 351. The first-order chi connectivity index (χ1) is 8.22. The number of hydrogen-bond acceptors (Lipinski definition) is 4. The first kappa shape index (κ1) is 12.3. The summed E-state index contributed by atoms with van der Waals surface area (Å²) in [4.78, 5) is 6.72. The predicted molar refractivity (Wildman–Crippen MR) is 67.1 cm³/mol. The minimum absolute atomic E-state index is 0.411. The average molecular weight is 236 g/mol. The van der Waals surface area contributed by atoms with Crippen LogP contribution in [0.1, 0.15) is 31.9 Å². The van der Waals surface area contributed by atoms with E-state index in [9.17, 15) is 5.11 Å². The lowest BCUT2D eigenvalue weighted by Gasteiger charge is -2.36. The average Bonchev–Trinajstić information content (AvgIpc) is 2.39. The lowest BCUT2D eigenvalue weighted by molar-refractivity contribution is 0.0925. The molecule has 1 aromatic rings. The SMILES string of the molecule is CCC1COCCN1c1ccc([C@@H](C)O)cn1. The molecule has 1 N–H and O–H groups in total. The van der Waals surface area contributed by atoms with E-state index in [1.807, 2.05) is 12.1 Å².